The smallest absolute Gasteiger partial charge is 0.262 e. The summed E-state index contributed by atoms with van der Waals surface area (Å²) >= 11 is 6.06. The maximum absolute atomic E-state index is 11.9. The number of aldehydes is 1. The van der Waals surface area contributed by atoms with Gasteiger partial charge in [0.05, 0.1) is 12.1 Å². The molecule has 0 heterocycles. The van der Waals surface area contributed by atoms with Crippen LogP contribution >= 0.6 is 11.6 Å². The lowest BCUT2D eigenvalue weighted by atomic mass is 10.2. The number of halogens is 1. The van der Waals surface area contributed by atoms with Gasteiger partial charge in [0.15, 0.2) is 18.1 Å². The molecule has 0 saturated carbocycles. The fraction of sp³-hybridized carbons (Fsp3) is 0.176. The molecule has 0 fully saturated rings. The number of aryl methyl sites for hydroxylation is 1. The summed E-state index contributed by atoms with van der Waals surface area (Å²) in [5.41, 5.74) is 2.15. The summed E-state index contributed by atoms with van der Waals surface area (Å²) in [5, 5.41) is 2.92. The Bertz CT molecular complexity index is 713. The van der Waals surface area contributed by atoms with Crippen molar-refractivity contribution in [2.75, 3.05) is 19.0 Å². The van der Waals surface area contributed by atoms with Crippen LogP contribution in [0.15, 0.2) is 36.4 Å². The van der Waals surface area contributed by atoms with E-state index < -0.39 is 0 Å². The second kappa shape index (κ2) is 7.65. The molecule has 0 aromatic heterocycles. The van der Waals surface area contributed by atoms with E-state index in [0.29, 0.717) is 23.3 Å². The Hall–Kier alpha value is -2.53. The van der Waals surface area contributed by atoms with Gasteiger partial charge >= 0.3 is 0 Å². The van der Waals surface area contributed by atoms with Gasteiger partial charge in [-0.05, 0) is 31.2 Å². The zero-order valence-electron chi connectivity index (χ0n) is 12.8. The lowest BCUT2D eigenvalue weighted by Gasteiger charge is -2.13. The van der Waals surface area contributed by atoms with E-state index in [9.17, 15) is 9.59 Å². The first-order chi connectivity index (χ1) is 11.0. The van der Waals surface area contributed by atoms with Crippen LogP contribution in [0, 0.1) is 6.92 Å². The lowest BCUT2D eigenvalue weighted by Crippen LogP contribution is -2.20. The molecule has 1 N–H and O–H groups in total. The van der Waals surface area contributed by atoms with Gasteiger partial charge in [0, 0.05) is 11.3 Å². The predicted molar refractivity (Wildman–Crippen MR) is 88.7 cm³/mol. The van der Waals surface area contributed by atoms with E-state index in [1.807, 2.05) is 19.1 Å². The summed E-state index contributed by atoms with van der Waals surface area (Å²) in [4.78, 5) is 22.7. The zero-order chi connectivity index (χ0) is 16.8. The number of anilines is 1. The Morgan fingerprint density at radius 3 is 2.57 bits per heavy atom. The highest BCUT2D eigenvalue weighted by molar-refractivity contribution is 6.32. The Balaban J connectivity index is 2.04. The number of nitrogens with one attached hydrogen (secondary N) is 1. The van der Waals surface area contributed by atoms with Gasteiger partial charge in [0.25, 0.3) is 5.91 Å². The number of amides is 1. The average molecular weight is 334 g/mol. The van der Waals surface area contributed by atoms with E-state index >= 15 is 0 Å². The normalized spacial score (nSPS) is 10.0. The first-order valence-electron chi connectivity index (χ1n) is 6.85. The van der Waals surface area contributed by atoms with Crippen LogP contribution in [0.5, 0.6) is 11.5 Å². The van der Waals surface area contributed by atoms with Crippen LogP contribution in [0.2, 0.25) is 5.02 Å². The molecule has 2 aromatic rings. The van der Waals surface area contributed by atoms with Crippen LogP contribution in [-0.2, 0) is 4.79 Å². The van der Waals surface area contributed by atoms with Crippen molar-refractivity contribution >= 4 is 29.5 Å². The van der Waals surface area contributed by atoms with Crippen molar-refractivity contribution in [2.45, 2.75) is 6.92 Å². The lowest BCUT2D eigenvalue weighted by molar-refractivity contribution is -0.118. The molecular weight excluding hydrogens is 318 g/mol. The number of rotatable bonds is 6. The van der Waals surface area contributed by atoms with Gasteiger partial charge in [-0.15, -0.1) is 0 Å². The quantitative estimate of drug-likeness (QED) is 0.822. The molecule has 0 bridgehead atoms. The van der Waals surface area contributed by atoms with E-state index in [0.717, 1.165) is 5.56 Å². The maximum Gasteiger partial charge on any atom is 0.262 e. The number of methoxy groups -OCH3 is 1. The highest BCUT2D eigenvalue weighted by atomic mass is 35.5. The van der Waals surface area contributed by atoms with Gasteiger partial charge in [-0.3, -0.25) is 9.59 Å². The Morgan fingerprint density at radius 1 is 1.26 bits per heavy atom. The third-order valence-corrected chi connectivity index (χ3v) is 3.35. The number of benzene rings is 2. The standard InChI is InChI=1S/C17H16ClNO4/c1-11-3-5-13(6-4-11)19-16(21)10-23-17-14(18)7-12(9-20)8-15(17)22-2/h3-9H,10H2,1-2H3,(H,19,21). The monoisotopic (exact) mass is 333 g/mol. The Kier molecular flexibility index (Phi) is 5.60. The molecule has 1 amide bonds. The van der Waals surface area contributed by atoms with Crippen molar-refractivity contribution in [3.63, 3.8) is 0 Å². The minimum atomic E-state index is -0.327. The summed E-state index contributed by atoms with van der Waals surface area (Å²) < 4.78 is 10.6. The van der Waals surface area contributed by atoms with Crippen molar-refractivity contribution in [1.29, 1.82) is 0 Å². The molecule has 0 unspecified atom stereocenters. The van der Waals surface area contributed by atoms with Crippen LogP contribution in [0.1, 0.15) is 15.9 Å². The summed E-state index contributed by atoms with van der Waals surface area (Å²) in [5.74, 6) is 0.188. The topological polar surface area (TPSA) is 64.6 Å². The van der Waals surface area contributed by atoms with Crippen LogP contribution in [0.3, 0.4) is 0 Å². The summed E-state index contributed by atoms with van der Waals surface area (Å²) in [6.07, 6.45) is 0.655. The number of hydrogen-bond acceptors (Lipinski definition) is 4. The number of ether oxygens (including phenoxy) is 2. The zero-order valence-corrected chi connectivity index (χ0v) is 13.5. The number of carbonyl (C=O) groups excluding carboxylic acids is 2. The van der Waals surface area contributed by atoms with Gasteiger partial charge in [-0.1, -0.05) is 29.3 Å². The summed E-state index contributed by atoms with van der Waals surface area (Å²) in [7, 11) is 1.43. The first kappa shape index (κ1) is 16.8. The summed E-state index contributed by atoms with van der Waals surface area (Å²) in [6, 6.07) is 10.3. The molecule has 23 heavy (non-hydrogen) atoms. The van der Waals surface area contributed by atoms with Crippen LogP contribution in [0.25, 0.3) is 0 Å². The molecule has 0 atom stereocenters. The third-order valence-electron chi connectivity index (χ3n) is 3.07. The molecule has 2 rings (SSSR count). The van der Waals surface area contributed by atoms with Gasteiger partial charge < -0.3 is 14.8 Å². The molecule has 0 spiro atoms. The van der Waals surface area contributed by atoms with Crippen molar-refractivity contribution in [1.82, 2.24) is 0 Å². The van der Waals surface area contributed by atoms with E-state index in [4.69, 9.17) is 21.1 Å². The third kappa shape index (κ3) is 4.47. The Labute approximate surface area is 139 Å². The second-order valence-corrected chi connectivity index (χ2v) is 5.26. The molecule has 0 aliphatic carbocycles. The van der Waals surface area contributed by atoms with Crippen LogP contribution < -0.4 is 14.8 Å². The Morgan fingerprint density at radius 2 is 1.96 bits per heavy atom. The molecule has 6 heteroatoms. The van der Waals surface area contributed by atoms with Crippen LogP contribution in [-0.4, -0.2) is 25.9 Å². The highest BCUT2D eigenvalue weighted by Crippen LogP contribution is 2.36. The van der Waals surface area contributed by atoms with Crippen LogP contribution in [0.4, 0.5) is 5.69 Å². The molecule has 0 aliphatic rings. The number of hydrogen-bond donors (Lipinski definition) is 1. The molecule has 0 aliphatic heterocycles. The van der Waals surface area contributed by atoms with E-state index in [2.05, 4.69) is 5.32 Å². The van der Waals surface area contributed by atoms with Crippen molar-refractivity contribution in [3.05, 3.63) is 52.5 Å². The minimum absolute atomic E-state index is 0.203. The van der Waals surface area contributed by atoms with Gasteiger partial charge in [0.2, 0.25) is 0 Å². The molecule has 0 radical (unpaired) electrons. The van der Waals surface area contributed by atoms with Crippen molar-refractivity contribution < 1.29 is 19.1 Å². The van der Waals surface area contributed by atoms with Gasteiger partial charge in [-0.25, -0.2) is 0 Å². The van der Waals surface area contributed by atoms with Gasteiger partial charge in [-0.2, -0.15) is 0 Å². The predicted octanol–water partition coefficient (Wildman–Crippen LogP) is 3.49. The highest BCUT2D eigenvalue weighted by Gasteiger charge is 2.13. The minimum Gasteiger partial charge on any atom is -0.493 e. The molecule has 5 nitrogen and oxygen atoms in total. The fourth-order valence-corrected chi connectivity index (χ4v) is 2.19. The van der Waals surface area contributed by atoms with Gasteiger partial charge in [0.1, 0.15) is 6.29 Å². The van der Waals surface area contributed by atoms with Crippen molar-refractivity contribution in [3.8, 4) is 11.5 Å². The maximum atomic E-state index is 11.9. The van der Waals surface area contributed by atoms with E-state index in [1.54, 1.807) is 12.1 Å². The van der Waals surface area contributed by atoms with E-state index in [-0.39, 0.29) is 23.3 Å². The summed E-state index contributed by atoms with van der Waals surface area (Å²) in [6.45, 7) is 1.73. The fourth-order valence-electron chi connectivity index (χ4n) is 1.92. The van der Waals surface area contributed by atoms with E-state index in [1.165, 1.54) is 19.2 Å². The SMILES string of the molecule is COc1cc(C=O)cc(Cl)c1OCC(=O)Nc1ccc(C)cc1. The second-order valence-electron chi connectivity index (χ2n) is 4.85. The molecule has 120 valence electrons. The first-order valence-corrected chi connectivity index (χ1v) is 7.23. The number of carbonyl (C=O) groups is 2. The molecular formula is C17H16ClNO4. The van der Waals surface area contributed by atoms with Crippen molar-refractivity contribution in [2.24, 2.45) is 0 Å². The molecule has 2 aromatic carbocycles. The molecule has 0 saturated heterocycles. The largest absolute Gasteiger partial charge is 0.493 e. The average Bonchev–Trinajstić information content (AvgIpc) is 2.55.